The van der Waals surface area contributed by atoms with Crippen LogP contribution in [0.15, 0.2) is 23.5 Å². The van der Waals surface area contributed by atoms with Gasteiger partial charge in [0.05, 0.1) is 12.4 Å². The molecule has 0 aromatic heterocycles. The summed E-state index contributed by atoms with van der Waals surface area (Å²) in [6, 6.07) is 0. The lowest BCUT2D eigenvalue weighted by molar-refractivity contribution is 0.207. The van der Waals surface area contributed by atoms with Gasteiger partial charge in [0.25, 0.3) is 0 Å². The Labute approximate surface area is 95.2 Å². The highest BCUT2D eigenvalue weighted by Gasteiger charge is 1.91. The van der Waals surface area contributed by atoms with Gasteiger partial charge in [-0.2, -0.15) is 0 Å². The molecular formula is C14H26O. The van der Waals surface area contributed by atoms with Crippen molar-refractivity contribution in [3.05, 3.63) is 23.5 Å². The van der Waals surface area contributed by atoms with Crippen LogP contribution in [-0.4, -0.2) is 6.61 Å². The molecule has 0 atom stereocenters. The zero-order valence-corrected chi connectivity index (χ0v) is 10.8. The molecule has 0 rings (SSSR count). The summed E-state index contributed by atoms with van der Waals surface area (Å²) >= 11 is 0. The topological polar surface area (TPSA) is 9.23 Å². The van der Waals surface area contributed by atoms with Crippen molar-refractivity contribution in [3.8, 4) is 0 Å². The number of rotatable bonds is 8. The zero-order chi connectivity index (χ0) is 11.5. The third kappa shape index (κ3) is 11.2. The van der Waals surface area contributed by atoms with Crippen molar-refractivity contribution < 1.29 is 4.74 Å². The average Bonchev–Trinajstić information content (AvgIpc) is 2.20. The molecule has 0 aliphatic rings. The molecule has 0 heterocycles. The Morgan fingerprint density at radius 1 is 0.933 bits per heavy atom. The second-order valence-electron chi connectivity index (χ2n) is 4.28. The maximum Gasteiger partial charge on any atom is 0.0928 e. The van der Waals surface area contributed by atoms with E-state index in [9.17, 15) is 0 Å². The van der Waals surface area contributed by atoms with Crippen molar-refractivity contribution in [2.75, 3.05) is 6.61 Å². The first-order valence-electron chi connectivity index (χ1n) is 6.11. The maximum absolute atomic E-state index is 5.59. The third-order valence-electron chi connectivity index (χ3n) is 2.23. The van der Waals surface area contributed by atoms with E-state index in [1.54, 1.807) is 0 Å². The summed E-state index contributed by atoms with van der Waals surface area (Å²) < 4.78 is 5.59. The van der Waals surface area contributed by atoms with Crippen LogP contribution < -0.4 is 0 Å². The summed E-state index contributed by atoms with van der Waals surface area (Å²) in [5.74, 6) is 1.02. The molecule has 0 unspecified atom stereocenters. The van der Waals surface area contributed by atoms with Gasteiger partial charge >= 0.3 is 0 Å². The van der Waals surface area contributed by atoms with Gasteiger partial charge in [0, 0.05) is 0 Å². The smallest absolute Gasteiger partial charge is 0.0928 e. The van der Waals surface area contributed by atoms with Crippen molar-refractivity contribution in [1.82, 2.24) is 0 Å². The molecule has 0 radical (unpaired) electrons. The Kier molecular flexibility index (Phi) is 9.35. The lowest BCUT2D eigenvalue weighted by atomic mass is 10.2. The molecule has 0 saturated heterocycles. The summed E-state index contributed by atoms with van der Waals surface area (Å²) in [6.45, 7) is 9.31. The number of allylic oxidation sites excluding steroid dienone is 4. The van der Waals surface area contributed by atoms with E-state index in [0.717, 1.165) is 12.4 Å². The Morgan fingerprint density at radius 2 is 1.60 bits per heavy atom. The second-order valence-corrected chi connectivity index (χ2v) is 4.28. The van der Waals surface area contributed by atoms with E-state index < -0.39 is 0 Å². The third-order valence-corrected chi connectivity index (χ3v) is 2.23. The van der Waals surface area contributed by atoms with Crippen LogP contribution >= 0.6 is 0 Å². The molecule has 88 valence electrons. The van der Waals surface area contributed by atoms with Gasteiger partial charge in [0.15, 0.2) is 0 Å². The first kappa shape index (κ1) is 14.3. The summed E-state index contributed by atoms with van der Waals surface area (Å²) in [4.78, 5) is 0. The summed E-state index contributed by atoms with van der Waals surface area (Å²) in [5, 5.41) is 0. The molecule has 0 fully saturated rings. The molecule has 0 aliphatic carbocycles. The van der Waals surface area contributed by atoms with E-state index in [1.165, 1.54) is 37.7 Å². The minimum Gasteiger partial charge on any atom is -0.498 e. The number of unbranched alkanes of at least 4 members (excludes halogenated alkanes) is 4. The van der Waals surface area contributed by atoms with Crippen molar-refractivity contribution in [2.45, 2.75) is 59.8 Å². The molecule has 0 N–H and O–H groups in total. The molecule has 0 spiro atoms. The largest absolute Gasteiger partial charge is 0.498 e. The summed E-state index contributed by atoms with van der Waals surface area (Å²) in [6.07, 6.45) is 10.6. The lowest BCUT2D eigenvalue weighted by Gasteiger charge is -2.05. The average molecular weight is 210 g/mol. The van der Waals surface area contributed by atoms with Crippen LogP contribution in [0.5, 0.6) is 0 Å². The van der Waals surface area contributed by atoms with Gasteiger partial charge in [-0.1, -0.05) is 44.3 Å². The first-order chi connectivity index (χ1) is 7.16. The molecule has 0 amide bonds. The monoisotopic (exact) mass is 210 g/mol. The summed E-state index contributed by atoms with van der Waals surface area (Å²) in [5.41, 5.74) is 1.31. The Morgan fingerprint density at radius 3 is 2.20 bits per heavy atom. The Balaban J connectivity index is 3.42. The minimum absolute atomic E-state index is 0.864. The number of hydrogen-bond acceptors (Lipinski definition) is 1. The molecule has 0 bridgehead atoms. The molecule has 1 heteroatoms. The van der Waals surface area contributed by atoms with Crippen molar-refractivity contribution in [3.63, 3.8) is 0 Å². The first-order valence-corrected chi connectivity index (χ1v) is 6.11. The highest BCUT2D eigenvalue weighted by molar-refractivity contribution is 5.10. The van der Waals surface area contributed by atoms with Gasteiger partial charge in [-0.15, -0.1) is 0 Å². The molecule has 0 aliphatic heterocycles. The molecule has 0 aromatic carbocycles. The highest BCUT2D eigenvalue weighted by Crippen LogP contribution is 2.05. The number of hydrogen-bond donors (Lipinski definition) is 0. The molecule has 0 saturated carbocycles. The fraction of sp³-hybridized carbons (Fsp3) is 0.714. The van der Waals surface area contributed by atoms with E-state index >= 15 is 0 Å². The maximum atomic E-state index is 5.59. The van der Waals surface area contributed by atoms with Gasteiger partial charge in [-0.3, -0.25) is 0 Å². The Hall–Kier alpha value is -0.720. The normalized spacial score (nSPS) is 11.3. The fourth-order valence-corrected chi connectivity index (χ4v) is 1.27. The van der Waals surface area contributed by atoms with E-state index in [-0.39, 0.29) is 0 Å². The van der Waals surface area contributed by atoms with Crippen molar-refractivity contribution in [2.24, 2.45) is 0 Å². The van der Waals surface area contributed by atoms with E-state index in [2.05, 4.69) is 26.8 Å². The van der Waals surface area contributed by atoms with Gasteiger partial charge in [0.2, 0.25) is 0 Å². The molecular weight excluding hydrogens is 184 g/mol. The second kappa shape index (κ2) is 9.82. The van der Waals surface area contributed by atoms with Crippen LogP contribution in [-0.2, 0) is 4.74 Å². The predicted octanol–water partition coefficient (Wildman–Crippen LogP) is 4.84. The fourth-order valence-electron chi connectivity index (χ4n) is 1.27. The van der Waals surface area contributed by atoms with Gasteiger partial charge in [-0.05, 0) is 33.3 Å². The van der Waals surface area contributed by atoms with Crippen LogP contribution in [0.25, 0.3) is 0 Å². The van der Waals surface area contributed by atoms with Crippen LogP contribution in [0.2, 0.25) is 0 Å². The Bertz CT molecular complexity index is 197. The van der Waals surface area contributed by atoms with Gasteiger partial charge in [0.1, 0.15) is 0 Å². The van der Waals surface area contributed by atoms with Gasteiger partial charge in [-0.25, -0.2) is 0 Å². The molecule has 15 heavy (non-hydrogen) atoms. The molecule has 1 nitrogen and oxygen atoms in total. The zero-order valence-electron chi connectivity index (χ0n) is 10.8. The summed E-state index contributed by atoms with van der Waals surface area (Å²) in [7, 11) is 0. The van der Waals surface area contributed by atoms with E-state index in [4.69, 9.17) is 4.74 Å². The quantitative estimate of drug-likeness (QED) is 0.316. The van der Waals surface area contributed by atoms with Crippen LogP contribution in [0.4, 0.5) is 0 Å². The highest BCUT2D eigenvalue weighted by atomic mass is 16.5. The van der Waals surface area contributed by atoms with Crippen LogP contribution in [0.1, 0.15) is 59.8 Å². The van der Waals surface area contributed by atoms with Crippen LogP contribution in [0.3, 0.4) is 0 Å². The van der Waals surface area contributed by atoms with Crippen LogP contribution in [0, 0.1) is 0 Å². The standard InChI is InChI=1S/C14H26O/c1-5-6-7-8-9-12-15-14(4)11-10-13(2)3/h10-11H,5-9,12H2,1-4H3. The minimum atomic E-state index is 0.864. The molecule has 0 aromatic rings. The van der Waals surface area contributed by atoms with E-state index in [0.29, 0.717) is 0 Å². The van der Waals surface area contributed by atoms with E-state index in [1.807, 2.05) is 13.0 Å². The SMILES string of the molecule is CCCCCCCOC(C)=CC=C(C)C. The lowest BCUT2D eigenvalue weighted by Crippen LogP contribution is -1.92. The predicted molar refractivity (Wildman–Crippen MR) is 67.9 cm³/mol. The number of ether oxygens (including phenoxy) is 1. The van der Waals surface area contributed by atoms with Crippen molar-refractivity contribution in [1.29, 1.82) is 0 Å². The van der Waals surface area contributed by atoms with Gasteiger partial charge < -0.3 is 4.74 Å². The van der Waals surface area contributed by atoms with Crippen molar-refractivity contribution >= 4 is 0 Å².